The number of anilines is 1. The Morgan fingerprint density at radius 2 is 2.13 bits per heavy atom. The van der Waals surface area contributed by atoms with Crippen molar-refractivity contribution in [2.45, 2.75) is 26.3 Å². The van der Waals surface area contributed by atoms with Crippen molar-refractivity contribution in [3.63, 3.8) is 0 Å². The molecule has 0 saturated heterocycles. The normalized spacial score (nSPS) is 10.8. The van der Waals surface area contributed by atoms with E-state index in [9.17, 15) is 9.59 Å². The minimum absolute atomic E-state index is 0.216. The van der Waals surface area contributed by atoms with Crippen LogP contribution in [0, 0.1) is 0 Å². The lowest BCUT2D eigenvalue weighted by Gasteiger charge is -2.17. The summed E-state index contributed by atoms with van der Waals surface area (Å²) in [7, 11) is 0. The molecule has 0 heterocycles. The highest BCUT2D eigenvalue weighted by atomic mass is 35.5. The van der Waals surface area contributed by atoms with E-state index in [0.717, 1.165) is 17.7 Å². The minimum Gasteiger partial charge on any atom is -0.480 e. The highest BCUT2D eigenvalue weighted by molar-refractivity contribution is 6.33. The average molecular weight is 343 g/mol. The van der Waals surface area contributed by atoms with Gasteiger partial charge in [0.25, 0.3) is 0 Å². The second kappa shape index (κ2) is 11.5. The van der Waals surface area contributed by atoms with Crippen LogP contribution in [-0.4, -0.2) is 36.2 Å². The van der Waals surface area contributed by atoms with Gasteiger partial charge in [0.2, 0.25) is 0 Å². The van der Waals surface area contributed by atoms with Crippen LogP contribution < -0.4 is 11.1 Å². The molecular formula is C16H23ClN2O4. The van der Waals surface area contributed by atoms with E-state index >= 15 is 0 Å². The quantitative estimate of drug-likeness (QED) is 0.519. The number of nitrogens with one attached hydrogen (secondary N) is 1. The summed E-state index contributed by atoms with van der Waals surface area (Å²) >= 11 is 6.13. The maximum absolute atomic E-state index is 11.6. The molecule has 1 aromatic carbocycles. The largest absolute Gasteiger partial charge is 0.480 e. The second-order valence-corrected chi connectivity index (χ2v) is 4.92. The molecule has 0 aromatic heterocycles. The Balaban J connectivity index is 0.000000841. The number of aliphatic carboxylic acids is 1. The van der Waals surface area contributed by atoms with Crippen molar-refractivity contribution in [2.75, 3.05) is 18.5 Å². The number of carbonyl (C=O) groups excluding carboxylic acids is 1. The van der Waals surface area contributed by atoms with Gasteiger partial charge in [0.1, 0.15) is 12.6 Å². The summed E-state index contributed by atoms with van der Waals surface area (Å²) in [6.07, 6.45) is 2.38. The highest BCUT2D eigenvalue weighted by Crippen LogP contribution is 2.27. The van der Waals surface area contributed by atoms with Gasteiger partial charge in [0.15, 0.2) is 0 Å². The van der Waals surface area contributed by atoms with Crippen molar-refractivity contribution in [3.05, 3.63) is 41.4 Å². The first-order valence-electron chi connectivity index (χ1n) is 7.10. The molecule has 0 aliphatic rings. The van der Waals surface area contributed by atoms with Crippen LogP contribution in [-0.2, 0) is 20.7 Å². The fraction of sp³-hybridized carbons (Fsp3) is 0.375. The predicted molar refractivity (Wildman–Crippen MR) is 91.8 cm³/mol. The number of ether oxygens (including phenoxy) is 1. The molecule has 6 nitrogen and oxygen atoms in total. The summed E-state index contributed by atoms with van der Waals surface area (Å²) < 4.78 is 4.98. The number of esters is 1. The van der Waals surface area contributed by atoms with E-state index in [4.69, 9.17) is 21.4 Å². The third kappa shape index (κ3) is 8.23. The Morgan fingerprint density at radius 1 is 1.52 bits per heavy atom. The second-order valence-electron chi connectivity index (χ2n) is 4.51. The van der Waals surface area contributed by atoms with Gasteiger partial charge < -0.3 is 20.9 Å². The standard InChI is InChI=1S/C14H18ClNO2.C2H5NO2/c1-4-9-18-14(17)10(3)16-13-11(5-2)7-6-8-12(13)15;3-1-2(4)5/h4,6-8,10,16H,1,5,9H2,2-3H3;1,3H2,(H,4,5)/t10-;/m0./s1. The third-order valence-electron chi connectivity index (χ3n) is 2.71. The molecule has 0 spiro atoms. The van der Waals surface area contributed by atoms with E-state index in [2.05, 4.69) is 17.6 Å². The third-order valence-corrected chi connectivity index (χ3v) is 3.03. The summed E-state index contributed by atoms with van der Waals surface area (Å²) in [5, 5.41) is 11.3. The van der Waals surface area contributed by atoms with Gasteiger partial charge in [-0.15, -0.1) is 0 Å². The molecule has 1 atom stereocenters. The zero-order valence-electron chi connectivity index (χ0n) is 13.3. The number of aryl methyl sites for hydroxylation is 1. The molecule has 128 valence electrons. The van der Waals surface area contributed by atoms with Gasteiger partial charge in [-0.3, -0.25) is 4.79 Å². The Hall–Kier alpha value is -2.05. The van der Waals surface area contributed by atoms with Crippen LogP contribution >= 0.6 is 11.6 Å². The first-order chi connectivity index (χ1) is 10.9. The number of halogens is 1. The van der Waals surface area contributed by atoms with Crippen LogP contribution in [0.15, 0.2) is 30.9 Å². The van der Waals surface area contributed by atoms with Gasteiger partial charge >= 0.3 is 11.9 Å². The monoisotopic (exact) mass is 342 g/mol. The molecule has 23 heavy (non-hydrogen) atoms. The van der Waals surface area contributed by atoms with Crippen LogP contribution in [0.1, 0.15) is 19.4 Å². The molecule has 4 N–H and O–H groups in total. The van der Waals surface area contributed by atoms with E-state index in [1.54, 1.807) is 13.0 Å². The molecule has 0 saturated carbocycles. The molecule has 1 aromatic rings. The van der Waals surface area contributed by atoms with E-state index in [-0.39, 0.29) is 19.1 Å². The highest BCUT2D eigenvalue weighted by Gasteiger charge is 2.16. The Labute approximate surface area is 141 Å². The molecule has 0 unspecified atom stereocenters. The molecule has 0 radical (unpaired) electrons. The Bertz CT molecular complexity index is 535. The number of hydrogen-bond donors (Lipinski definition) is 3. The lowest BCUT2D eigenvalue weighted by molar-refractivity contribution is -0.143. The van der Waals surface area contributed by atoms with Crippen LogP contribution in [0.3, 0.4) is 0 Å². The van der Waals surface area contributed by atoms with E-state index in [1.807, 2.05) is 19.1 Å². The Morgan fingerprint density at radius 3 is 2.61 bits per heavy atom. The number of carboxylic acid groups (broad SMARTS) is 1. The van der Waals surface area contributed by atoms with Crippen LogP contribution in [0.4, 0.5) is 5.69 Å². The topological polar surface area (TPSA) is 102 Å². The van der Waals surface area contributed by atoms with Crippen molar-refractivity contribution in [2.24, 2.45) is 5.73 Å². The summed E-state index contributed by atoms with van der Waals surface area (Å²) in [6.45, 7) is 7.22. The first kappa shape index (κ1) is 20.9. The molecule has 0 fully saturated rings. The molecule has 0 amide bonds. The number of para-hydroxylation sites is 1. The molecule has 0 bridgehead atoms. The summed E-state index contributed by atoms with van der Waals surface area (Å²) in [5.74, 6) is -1.29. The summed E-state index contributed by atoms with van der Waals surface area (Å²) in [4.78, 5) is 20.9. The van der Waals surface area contributed by atoms with Crippen molar-refractivity contribution >= 4 is 29.2 Å². The van der Waals surface area contributed by atoms with Gasteiger partial charge in [-0.25, -0.2) is 4.79 Å². The van der Waals surface area contributed by atoms with Gasteiger partial charge in [-0.1, -0.05) is 43.3 Å². The number of carbonyl (C=O) groups is 2. The van der Waals surface area contributed by atoms with Crippen molar-refractivity contribution in [3.8, 4) is 0 Å². The van der Waals surface area contributed by atoms with Crippen LogP contribution in [0.25, 0.3) is 0 Å². The SMILES string of the molecule is C=CCOC(=O)[C@H](C)Nc1c(Cl)cccc1CC.NCC(=O)O. The van der Waals surface area contributed by atoms with Gasteiger partial charge in [0.05, 0.1) is 17.3 Å². The van der Waals surface area contributed by atoms with Crippen molar-refractivity contribution in [1.82, 2.24) is 0 Å². The zero-order valence-corrected chi connectivity index (χ0v) is 14.1. The smallest absolute Gasteiger partial charge is 0.328 e. The van der Waals surface area contributed by atoms with E-state index in [0.29, 0.717) is 5.02 Å². The zero-order chi connectivity index (χ0) is 17.8. The number of carboxylic acids is 1. The van der Waals surface area contributed by atoms with E-state index < -0.39 is 12.0 Å². The van der Waals surface area contributed by atoms with Gasteiger partial charge in [-0.2, -0.15) is 0 Å². The summed E-state index contributed by atoms with van der Waals surface area (Å²) in [6, 6.07) is 5.23. The predicted octanol–water partition coefficient (Wildman–Crippen LogP) is 2.46. The molecule has 0 aliphatic carbocycles. The number of rotatable bonds is 7. The fourth-order valence-corrected chi connectivity index (χ4v) is 1.82. The molecule has 0 aliphatic heterocycles. The van der Waals surface area contributed by atoms with Gasteiger partial charge in [-0.05, 0) is 25.0 Å². The van der Waals surface area contributed by atoms with E-state index in [1.165, 1.54) is 6.08 Å². The van der Waals surface area contributed by atoms with Gasteiger partial charge in [0, 0.05) is 0 Å². The van der Waals surface area contributed by atoms with Crippen molar-refractivity contribution in [1.29, 1.82) is 0 Å². The van der Waals surface area contributed by atoms with Crippen LogP contribution in [0.5, 0.6) is 0 Å². The lowest BCUT2D eigenvalue weighted by Crippen LogP contribution is -2.28. The molecular weight excluding hydrogens is 320 g/mol. The molecule has 7 heteroatoms. The number of hydrogen-bond acceptors (Lipinski definition) is 5. The summed E-state index contributed by atoms with van der Waals surface area (Å²) in [5.41, 5.74) is 6.44. The fourth-order valence-electron chi connectivity index (χ4n) is 1.57. The maximum Gasteiger partial charge on any atom is 0.328 e. The van der Waals surface area contributed by atoms with Crippen LogP contribution in [0.2, 0.25) is 5.02 Å². The molecule has 1 rings (SSSR count). The average Bonchev–Trinajstić information content (AvgIpc) is 2.54. The van der Waals surface area contributed by atoms with Crippen molar-refractivity contribution < 1.29 is 19.4 Å². The minimum atomic E-state index is -0.968. The maximum atomic E-state index is 11.6. The Kier molecular flexibility index (Phi) is 10.5. The lowest BCUT2D eigenvalue weighted by atomic mass is 10.1. The number of benzene rings is 1. The number of nitrogens with two attached hydrogens (primary N) is 1. The first-order valence-corrected chi connectivity index (χ1v) is 7.48.